The number of H-pyrrole nitrogens is 1. The second-order valence-corrected chi connectivity index (χ2v) is 8.89. The smallest absolute Gasteiger partial charge is 0.245 e. The minimum Gasteiger partial charge on any atom is -0.383 e. The van der Waals surface area contributed by atoms with Gasteiger partial charge in [-0.25, -0.2) is 21.6 Å². The summed E-state index contributed by atoms with van der Waals surface area (Å²) in [7, 11) is -7.26. The van der Waals surface area contributed by atoms with Crippen molar-refractivity contribution in [1.29, 1.82) is 0 Å². The number of sulfone groups is 1. The molecule has 0 bridgehead atoms. The third-order valence-corrected chi connectivity index (χ3v) is 6.19. The molecule has 0 aromatic carbocycles. The van der Waals surface area contributed by atoms with E-state index in [9.17, 15) is 16.8 Å². The van der Waals surface area contributed by atoms with Crippen LogP contribution < -0.4 is 10.5 Å². The molecule has 0 aliphatic carbocycles. The van der Waals surface area contributed by atoms with Crippen molar-refractivity contribution in [2.24, 2.45) is 0 Å². The Labute approximate surface area is 106 Å². The number of anilines is 1. The maximum atomic E-state index is 11.8. The van der Waals surface area contributed by atoms with E-state index in [2.05, 4.69) is 14.9 Å². The molecule has 0 unspecified atom stereocenters. The van der Waals surface area contributed by atoms with Gasteiger partial charge in [-0.15, -0.1) is 0 Å². The van der Waals surface area contributed by atoms with Crippen LogP contribution in [-0.4, -0.2) is 44.6 Å². The van der Waals surface area contributed by atoms with Gasteiger partial charge in [-0.3, -0.25) is 5.10 Å². The SMILES string of the molecule is CC(C)(CNS(=O)(=O)c1cn[nH]c1N)S(C)(=O)=O. The normalized spacial score (nSPS) is 13.7. The number of nitrogen functional groups attached to an aromatic ring is 1. The van der Waals surface area contributed by atoms with Crippen molar-refractivity contribution >= 4 is 25.7 Å². The van der Waals surface area contributed by atoms with Crippen molar-refractivity contribution in [3.63, 3.8) is 0 Å². The number of sulfonamides is 1. The fourth-order valence-electron chi connectivity index (χ4n) is 0.977. The molecule has 18 heavy (non-hydrogen) atoms. The first-order chi connectivity index (χ1) is 7.97. The van der Waals surface area contributed by atoms with Crippen LogP contribution in [0.1, 0.15) is 13.8 Å². The lowest BCUT2D eigenvalue weighted by molar-refractivity contribution is 0.537. The Balaban J connectivity index is 2.92. The molecule has 0 spiro atoms. The van der Waals surface area contributed by atoms with E-state index >= 15 is 0 Å². The zero-order valence-electron chi connectivity index (χ0n) is 10.3. The average molecular weight is 296 g/mol. The molecule has 1 aromatic heterocycles. The first-order valence-corrected chi connectivity index (χ1v) is 8.33. The van der Waals surface area contributed by atoms with E-state index in [0.717, 1.165) is 12.5 Å². The molecule has 0 fully saturated rings. The van der Waals surface area contributed by atoms with Gasteiger partial charge in [0.1, 0.15) is 10.7 Å². The van der Waals surface area contributed by atoms with Gasteiger partial charge in [-0.05, 0) is 13.8 Å². The highest BCUT2D eigenvalue weighted by Gasteiger charge is 2.32. The molecule has 0 aliphatic rings. The Hall–Kier alpha value is -1.13. The van der Waals surface area contributed by atoms with Crippen molar-refractivity contribution in [2.75, 3.05) is 18.5 Å². The van der Waals surface area contributed by atoms with Crippen LogP contribution >= 0.6 is 0 Å². The van der Waals surface area contributed by atoms with E-state index in [1.807, 2.05) is 0 Å². The third-order valence-electron chi connectivity index (χ3n) is 2.61. The molecule has 0 atom stereocenters. The third kappa shape index (κ3) is 3.00. The summed E-state index contributed by atoms with van der Waals surface area (Å²) >= 11 is 0. The zero-order valence-corrected chi connectivity index (χ0v) is 11.9. The minimum absolute atomic E-state index is 0.0975. The lowest BCUT2D eigenvalue weighted by atomic mass is 10.2. The maximum Gasteiger partial charge on any atom is 0.245 e. The standard InChI is InChI=1S/C8H16N4O4S2/c1-8(2,17(3,13)14)5-11-18(15,16)6-4-10-12-7(6)9/h4,11H,5H2,1-3H3,(H3,9,10,12). The highest BCUT2D eigenvalue weighted by molar-refractivity contribution is 7.92. The van der Waals surface area contributed by atoms with Crippen LogP contribution in [0.2, 0.25) is 0 Å². The lowest BCUT2D eigenvalue weighted by Gasteiger charge is -2.22. The Morgan fingerprint density at radius 2 is 1.94 bits per heavy atom. The number of aromatic nitrogens is 2. The van der Waals surface area contributed by atoms with Gasteiger partial charge in [0.05, 0.1) is 10.9 Å². The molecular formula is C8H16N4O4S2. The van der Waals surface area contributed by atoms with E-state index < -0.39 is 24.6 Å². The van der Waals surface area contributed by atoms with Crippen molar-refractivity contribution in [2.45, 2.75) is 23.5 Å². The van der Waals surface area contributed by atoms with Gasteiger partial charge in [0.25, 0.3) is 0 Å². The largest absolute Gasteiger partial charge is 0.383 e. The molecule has 4 N–H and O–H groups in total. The molecule has 1 aromatic rings. The van der Waals surface area contributed by atoms with Crippen LogP contribution in [0, 0.1) is 0 Å². The number of rotatable bonds is 5. The van der Waals surface area contributed by atoms with E-state index in [1.165, 1.54) is 13.8 Å². The van der Waals surface area contributed by atoms with Crippen molar-refractivity contribution in [3.8, 4) is 0 Å². The number of hydrogen-bond acceptors (Lipinski definition) is 6. The summed E-state index contributed by atoms with van der Waals surface area (Å²) in [5.74, 6) is -0.0975. The predicted molar refractivity (Wildman–Crippen MR) is 67.1 cm³/mol. The minimum atomic E-state index is -3.87. The van der Waals surface area contributed by atoms with Crippen molar-refractivity contribution < 1.29 is 16.8 Å². The Bertz CT molecular complexity index is 630. The van der Waals surface area contributed by atoms with Crippen LogP contribution in [-0.2, 0) is 19.9 Å². The summed E-state index contributed by atoms with van der Waals surface area (Å²) in [5, 5.41) is 5.79. The van der Waals surface area contributed by atoms with E-state index in [1.54, 1.807) is 0 Å². The number of nitrogens with zero attached hydrogens (tertiary/aromatic N) is 1. The molecule has 1 rings (SSSR count). The zero-order chi connectivity index (χ0) is 14.2. The summed E-state index contributed by atoms with van der Waals surface area (Å²) < 4.78 is 47.6. The van der Waals surface area contributed by atoms with Gasteiger partial charge in [-0.2, -0.15) is 5.10 Å². The summed E-state index contributed by atoms with van der Waals surface area (Å²) in [4.78, 5) is -0.202. The first kappa shape index (κ1) is 14.9. The van der Waals surface area contributed by atoms with Crippen LogP contribution in [0.15, 0.2) is 11.1 Å². The van der Waals surface area contributed by atoms with Crippen molar-refractivity contribution in [3.05, 3.63) is 6.20 Å². The summed E-state index contributed by atoms with van der Waals surface area (Å²) in [6, 6.07) is 0. The first-order valence-electron chi connectivity index (χ1n) is 4.95. The van der Waals surface area contributed by atoms with E-state index in [0.29, 0.717) is 0 Å². The van der Waals surface area contributed by atoms with Gasteiger partial charge in [0, 0.05) is 12.8 Å². The molecule has 8 nitrogen and oxygen atoms in total. The van der Waals surface area contributed by atoms with Gasteiger partial charge in [0.15, 0.2) is 9.84 Å². The van der Waals surface area contributed by atoms with Gasteiger partial charge in [0.2, 0.25) is 10.0 Å². The second-order valence-electron chi connectivity index (χ2n) is 4.50. The summed E-state index contributed by atoms with van der Waals surface area (Å²) in [5.41, 5.74) is 5.40. The highest BCUT2D eigenvalue weighted by atomic mass is 32.2. The molecule has 0 saturated carbocycles. The molecule has 0 radical (unpaired) electrons. The quantitative estimate of drug-likeness (QED) is 0.644. The fraction of sp³-hybridized carbons (Fsp3) is 0.625. The van der Waals surface area contributed by atoms with Crippen LogP contribution in [0.3, 0.4) is 0 Å². The monoisotopic (exact) mass is 296 g/mol. The molecule has 104 valence electrons. The number of nitrogens with one attached hydrogen (secondary N) is 2. The molecule has 0 amide bonds. The van der Waals surface area contributed by atoms with E-state index in [4.69, 9.17) is 5.73 Å². The number of hydrogen-bond donors (Lipinski definition) is 3. The Morgan fingerprint density at radius 3 is 2.33 bits per heavy atom. The maximum absolute atomic E-state index is 11.8. The second kappa shape index (κ2) is 4.52. The lowest BCUT2D eigenvalue weighted by Crippen LogP contribution is -2.43. The van der Waals surface area contributed by atoms with E-state index in [-0.39, 0.29) is 17.3 Å². The fourth-order valence-corrected chi connectivity index (χ4v) is 2.64. The highest BCUT2D eigenvalue weighted by Crippen LogP contribution is 2.17. The topological polar surface area (TPSA) is 135 Å². The Morgan fingerprint density at radius 1 is 1.39 bits per heavy atom. The molecule has 0 aliphatic heterocycles. The number of nitrogens with two attached hydrogens (primary N) is 1. The van der Waals surface area contributed by atoms with Gasteiger partial charge in [-0.1, -0.05) is 0 Å². The van der Waals surface area contributed by atoms with Crippen LogP contribution in [0.5, 0.6) is 0 Å². The van der Waals surface area contributed by atoms with Gasteiger partial charge < -0.3 is 5.73 Å². The molecule has 10 heteroatoms. The molecule has 1 heterocycles. The van der Waals surface area contributed by atoms with Crippen LogP contribution in [0.25, 0.3) is 0 Å². The van der Waals surface area contributed by atoms with Gasteiger partial charge >= 0.3 is 0 Å². The average Bonchev–Trinajstić information content (AvgIpc) is 2.61. The number of aromatic amines is 1. The van der Waals surface area contributed by atoms with Crippen molar-refractivity contribution in [1.82, 2.24) is 14.9 Å². The molecule has 0 saturated heterocycles. The Kier molecular flexibility index (Phi) is 3.75. The summed E-state index contributed by atoms with van der Waals surface area (Å²) in [6.07, 6.45) is 2.11. The van der Waals surface area contributed by atoms with Crippen LogP contribution in [0.4, 0.5) is 5.82 Å². The summed E-state index contributed by atoms with van der Waals surface area (Å²) in [6.45, 7) is 2.62. The predicted octanol–water partition coefficient (Wildman–Crippen LogP) is -0.907. The molecular weight excluding hydrogens is 280 g/mol.